The number of halogens is 1. The lowest BCUT2D eigenvalue weighted by Crippen LogP contribution is -2.38. The van der Waals surface area contributed by atoms with Crippen molar-refractivity contribution < 1.29 is 22.3 Å². The Morgan fingerprint density at radius 2 is 1.54 bits per heavy atom. The minimum atomic E-state index is -4.13. The fourth-order valence-corrected chi connectivity index (χ4v) is 5.79. The van der Waals surface area contributed by atoms with Gasteiger partial charge in [0.2, 0.25) is 5.91 Å². The standard InChI is InChI=1S/C28H25FN2O4S2/c1-35-25-15-17-27(18-16-25)37(33,34)31(24-13-9-22(29)10-14-24)19-28(32)30-23-11-7-21(8-12-23)20-36-26-5-3-2-4-6-26/h2-18H,19-20H2,1H3,(H,30,32). The number of ether oxygens (including phenoxy) is 1. The van der Waals surface area contributed by atoms with Crippen LogP contribution >= 0.6 is 11.8 Å². The first-order chi connectivity index (χ1) is 17.8. The summed E-state index contributed by atoms with van der Waals surface area (Å²) in [4.78, 5) is 14.1. The van der Waals surface area contributed by atoms with Crippen molar-refractivity contribution in [1.29, 1.82) is 0 Å². The number of nitrogens with one attached hydrogen (secondary N) is 1. The quantitative estimate of drug-likeness (QED) is 0.253. The van der Waals surface area contributed by atoms with Crippen molar-refractivity contribution in [2.24, 2.45) is 0 Å². The fraction of sp³-hybridized carbons (Fsp3) is 0.107. The molecule has 4 aromatic rings. The maximum atomic E-state index is 13.5. The molecule has 0 aromatic heterocycles. The third-order valence-corrected chi connectivity index (χ3v) is 8.31. The van der Waals surface area contributed by atoms with Crippen LogP contribution in [0.15, 0.2) is 113 Å². The van der Waals surface area contributed by atoms with E-state index in [1.165, 1.54) is 48.4 Å². The van der Waals surface area contributed by atoms with Crippen molar-refractivity contribution in [1.82, 2.24) is 0 Å². The molecule has 0 radical (unpaired) electrons. The summed E-state index contributed by atoms with van der Waals surface area (Å²) in [6, 6.07) is 28.2. The van der Waals surface area contributed by atoms with Gasteiger partial charge in [-0.1, -0.05) is 30.3 Å². The highest BCUT2D eigenvalue weighted by atomic mass is 32.2. The highest BCUT2D eigenvalue weighted by Crippen LogP contribution is 2.26. The van der Waals surface area contributed by atoms with Crippen LogP contribution < -0.4 is 14.4 Å². The molecule has 4 rings (SSSR count). The Labute approximate surface area is 220 Å². The van der Waals surface area contributed by atoms with E-state index >= 15 is 0 Å². The van der Waals surface area contributed by atoms with Crippen molar-refractivity contribution in [3.05, 3.63) is 115 Å². The number of sulfonamides is 1. The molecule has 0 bridgehead atoms. The Morgan fingerprint density at radius 3 is 2.16 bits per heavy atom. The van der Waals surface area contributed by atoms with Gasteiger partial charge in [0.1, 0.15) is 18.1 Å². The molecule has 37 heavy (non-hydrogen) atoms. The summed E-state index contributed by atoms with van der Waals surface area (Å²) >= 11 is 1.71. The minimum Gasteiger partial charge on any atom is -0.497 e. The van der Waals surface area contributed by atoms with E-state index in [0.29, 0.717) is 11.4 Å². The molecule has 0 fully saturated rings. The third-order valence-electron chi connectivity index (χ3n) is 5.44. The predicted octanol–water partition coefficient (Wildman–Crippen LogP) is 5.96. The van der Waals surface area contributed by atoms with Gasteiger partial charge in [0.05, 0.1) is 17.7 Å². The number of nitrogens with zero attached hydrogens (tertiary/aromatic N) is 1. The number of hydrogen-bond donors (Lipinski definition) is 1. The zero-order valence-corrected chi connectivity index (χ0v) is 21.6. The smallest absolute Gasteiger partial charge is 0.264 e. The normalized spacial score (nSPS) is 11.1. The molecule has 0 atom stereocenters. The molecule has 0 aliphatic rings. The molecule has 0 aliphatic heterocycles. The van der Waals surface area contributed by atoms with Crippen molar-refractivity contribution in [3.63, 3.8) is 0 Å². The average Bonchev–Trinajstić information content (AvgIpc) is 2.92. The first-order valence-corrected chi connectivity index (χ1v) is 13.8. The van der Waals surface area contributed by atoms with Crippen LogP contribution in [0.3, 0.4) is 0 Å². The van der Waals surface area contributed by atoms with Gasteiger partial charge in [-0.15, -0.1) is 11.8 Å². The SMILES string of the molecule is COc1ccc(S(=O)(=O)N(CC(=O)Nc2ccc(CSc3ccccc3)cc2)c2ccc(F)cc2)cc1. The van der Waals surface area contributed by atoms with Crippen LogP contribution in [0.5, 0.6) is 5.75 Å². The highest BCUT2D eigenvalue weighted by molar-refractivity contribution is 7.98. The molecule has 0 saturated carbocycles. The number of methoxy groups -OCH3 is 1. The topological polar surface area (TPSA) is 75.7 Å². The number of anilines is 2. The Balaban J connectivity index is 1.48. The summed E-state index contributed by atoms with van der Waals surface area (Å²) in [7, 11) is -2.65. The van der Waals surface area contributed by atoms with Crippen molar-refractivity contribution in [2.75, 3.05) is 23.3 Å². The molecule has 0 aliphatic carbocycles. The second-order valence-corrected chi connectivity index (χ2v) is 10.9. The van der Waals surface area contributed by atoms with Gasteiger partial charge in [0.15, 0.2) is 0 Å². The lowest BCUT2D eigenvalue weighted by atomic mass is 10.2. The number of rotatable bonds is 10. The van der Waals surface area contributed by atoms with Gasteiger partial charge in [0, 0.05) is 16.3 Å². The molecule has 1 amide bonds. The first-order valence-electron chi connectivity index (χ1n) is 11.3. The van der Waals surface area contributed by atoms with E-state index in [-0.39, 0.29) is 10.6 Å². The average molecular weight is 537 g/mol. The second-order valence-electron chi connectivity index (χ2n) is 8.01. The van der Waals surface area contributed by atoms with Crippen molar-refractivity contribution in [3.8, 4) is 5.75 Å². The molecule has 1 N–H and O–H groups in total. The van der Waals surface area contributed by atoms with Gasteiger partial charge in [-0.25, -0.2) is 12.8 Å². The summed E-state index contributed by atoms with van der Waals surface area (Å²) in [5, 5.41) is 2.75. The third kappa shape index (κ3) is 6.90. The molecule has 0 saturated heterocycles. The zero-order chi connectivity index (χ0) is 26.3. The number of hydrogen-bond acceptors (Lipinski definition) is 5. The van der Waals surface area contributed by atoms with Gasteiger partial charge in [0.25, 0.3) is 10.0 Å². The van der Waals surface area contributed by atoms with Crippen LogP contribution in [0.2, 0.25) is 0 Å². The second kappa shape index (κ2) is 11.9. The first kappa shape index (κ1) is 26.2. The maximum absolute atomic E-state index is 13.5. The van der Waals surface area contributed by atoms with Crippen LogP contribution in [0.4, 0.5) is 15.8 Å². The molecule has 0 unspecified atom stereocenters. The predicted molar refractivity (Wildman–Crippen MR) is 145 cm³/mol. The van der Waals surface area contributed by atoms with E-state index in [1.807, 2.05) is 42.5 Å². The minimum absolute atomic E-state index is 0.0225. The lowest BCUT2D eigenvalue weighted by Gasteiger charge is -2.24. The molecule has 6 nitrogen and oxygen atoms in total. The number of thioether (sulfide) groups is 1. The molecule has 190 valence electrons. The largest absolute Gasteiger partial charge is 0.497 e. The van der Waals surface area contributed by atoms with Gasteiger partial charge >= 0.3 is 0 Å². The molecular weight excluding hydrogens is 511 g/mol. The zero-order valence-electron chi connectivity index (χ0n) is 20.0. The van der Waals surface area contributed by atoms with E-state index in [9.17, 15) is 17.6 Å². The monoisotopic (exact) mass is 536 g/mol. The van der Waals surface area contributed by atoms with Crippen LogP contribution in [0, 0.1) is 5.82 Å². The highest BCUT2D eigenvalue weighted by Gasteiger charge is 2.27. The summed E-state index contributed by atoms with van der Waals surface area (Å²) in [5.41, 5.74) is 1.79. The van der Waals surface area contributed by atoms with Crippen LogP contribution in [0.1, 0.15) is 5.56 Å². The Hall–Kier alpha value is -3.82. The van der Waals surface area contributed by atoms with E-state index in [2.05, 4.69) is 5.32 Å². The van der Waals surface area contributed by atoms with E-state index in [0.717, 1.165) is 27.8 Å². The van der Waals surface area contributed by atoms with E-state index < -0.39 is 28.3 Å². The Kier molecular flexibility index (Phi) is 8.47. The summed E-state index contributed by atoms with van der Waals surface area (Å²) in [6.45, 7) is -0.494. The summed E-state index contributed by atoms with van der Waals surface area (Å²) < 4.78 is 46.5. The van der Waals surface area contributed by atoms with Crippen molar-refractivity contribution in [2.45, 2.75) is 15.5 Å². The van der Waals surface area contributed by atoms with Crippen LogP contribution in [0.25, 0.3) is 0 Å². The van der Waals surface area contributed by atoms with Crippen LogP contribution in [-0.2, 0) is 20.6 Å². The molecule has 9 heteroatoms. The molecule has 0 spiro atoms. The Bertz CT molecular complexity index is 1430. The summed E-state index contributed by atoms with van der Waals surface area (Å²) in [6.07, 6.45) is 0. The van der Waals surface area contributed by atoms with Gasteiger partial charge in [-0.3, -0.25) is 9.10 Å². The number of amides is 1. The van der Waals surface area contributed by atoms with E-state index in [1.54, 1.807) is 23.9 Å². The van der Waals surface area contributed by atoms with E-state index in [4.69, 9.17) is 4.74 Å². The number of carbonyl (C=O) groups is 1. The molecule has 0 heterocycles. The van der Waals surface area contributed by atoms with Crippen molar-refractivity contribution >= 4 is 39.1 Å². The Morgan fingerprint density at radius 1 is 0.892 bits per heavy atom. The molecule has 4 aromatic carbocycles. The summed E-state index contributed by atoms with van der Waals surface area (Å²) in [5.74, 6) is 0.223. The van der Waals surface area contributed by atoms with Gasteiger partial charge in [-0.2, -0.15) is 0 Å². The number of carbonyl (C=O) groups excluding carboxylic acids is 1. The fourth-order valence-electron chi connectivity index (χ4n) is 3.50. The maximum Gasteiger partial charge on any atom is 0.264 e. The van der Waals surface area contributed by atoms with Gasteiger partial charge < -0.3 is 10.1 Å². The van der Waals surface area contributed by atoms with Gasteiger partial charge in [-0.05, 0) is 78.4 Å². The number of benzene rings is 4. The lowest BCUT2D eigenvalue weighted by molar-refractivity contribution is -0.114. The molecular formula is C28H25FN2O4S2. The van der Waals surface area contributed by atoms with Crippen LogP contribution in [-0.4, -0.2) is 28.0 Å².